The van der Waals surface area contributed by atoms with Crippen molar-refractivity contribution in [3.63, 3.8) is 0 Å². The van der Waals surface area contributed by atoms with Crippen LogP contribution in [0.1, 0.15) is 27.2 Å². The molecule has 0 rings (SSSR count). The number of aliphatic hydroxyl groups excluding tert-OH is 1. The van der Waals surface area contributed by atoms with Crippen LogP contribution in [0.5, 0.6) is 0 Å². The predicted octanol–water partition coefficient (Wildman–Crippen LogP) is 1.00. The van der Waals surface area contributed by atoms with E-state index < -0.39 is 0 Å². The first-order chi connectivity index (χ1) is 4.35. The van der Waals surface area contributed by atoms with E-state index in [0.29, 0.717) is 6.04 Å². The lowest BCUT2D eigenvalue weighted by molar-refractivity contribution is 0.245. The maximum atomic E-state index is 8.46. The maximum Gasteiger partial charge on any atom is 0.0584 e. The van der Waals surface area contributed by atoms with Gasteiger partial charge in [0.2, 0.25) is 0 Å². The number of rotatable bonds is 3. The summed E-state index contributed by atoms with van der Waals surface area (Å²) in [5, 5.41) is 11.4. The highest BCUT2D eigenvalue weighted by Crippen LogP contribution is 1.84. The summed E-state index contributed by atoms with van der Waals surface area (Å²) in [6.45, 7) is 6.28. The topological polar surface area (TPSA) is 32.3 Å². The summed E-state index contributed by atoms with van der Waals surface area (Å²) in [7, 11) is 1.85. The first-order valence-electron chi connectivity index (χ1n) is 3.63. The molecule has 2 nitrogen and oxygen atoms in total. The Morgan fingerprint density at radius 1 is 1.44 bits per heavy atom. The molecule has 0 amide bonds. The highest BCUT2D eigenvalue weighted by Gasteiger charge is 1.95. The van der Waals surface area contributed by atoms with Crippen molar-refractivity contribution in [2.75, 3.05) is 13.7 Å². The van der Waals surface area contributed by atoms with Gasteiger partial charge in [0.25, 0.3) is 0 Å². The molecule has 0 saturated heterocycles. The lowest BCUT2D eigenvalue weighted by Crippen LogP contribution is -2.27. The van der Waals surface area contributed by atoms with Crippen molar-refractivity contribution >= 4 is 0 Å². The molecule has 2 heteroatoms. The average molecular weight is 133 g/mol. The van der Waals surface area contributed by atoms with Crippen molar-refractivity contribution in [2.24, 2.45) is 0 Å². The molecule has 0 unspecified atom stereocenters. The van der Waals surface area contributed by atoms with Crippen LogP contribution in [0, 0.1) is 0 Å². The fraction of sp³-hybridized carbons (Fsp3) is 1.00. The summed E-state index contributed by atoms with van der Waals surface area (Å²) in [4.78, 5) is 0. The Labute approximate surface area is 58.3 Å². The summed E-state index contributed by atoms with van der Waals surface area (Å²) >= 11 is 0. The first-order valence-corrected chi connectivity index (χ1v) is 3.63. The van der Waals surface area contributed by atoms with E-state index in [-0.39, 0.29) is 6.61 Å². The third-order valence-corrected chi connectivity index (χ3v) is 1.12. The first kappa shape index (κ1) is 11.7. The second-order valence-corrected chi connectivity index (χ2v) is 1.58. The van der Waals surface area contributed by atoms with Gasteiger partial charge in [-0.2, -0.15) is 0 Å². The minimum atomic E-state index is 0.243. The molecule has 0 aliphatic carbocycles. The van der Waals surface area contributed by atoms with E-state index in [2.05, 4.69) is 5.32 Å². The van der Waals surface area contributed by atoms with E-state index in [9.17, 15) is 0 Å². The molecule has 9 heavy (non-hydrogen) atoms. The molecule has 0 fully saturated rings. The quantitative estimate of drug-likeness (QED) is 0.602. The Hall–Kier alpha value is -0.0800. The van der Waals surface area contributed by atoms with Crippen LogP contribution in [0.3, 0.4) is 0 Å². The Morgan fingerprint density at radius 3 is 1.89 bits per heavy atom. The second-order valence-electron chi connectivity index (χ2n) is 1.58. The lowest BCUT2D eigenvalue weighted by atomic mass is 10.2. The molecule has 0 aliphatic heterocycles. The van der Waals surface area contributed by atoms with Gasteiger partial charge in [-0.05, 0) is 13.5 Å². The van der Waals surface area contributed by atoms with Gasteiger partial charge in [0.1, 0.15) is 0 Å². The van der Waals surface area contributed by atoms with Gasteiger partial charge in [-0.25, -0.2) is 0 Å². The highest BCUT2D eigenvalue weighted by atomic mass is 16.3. The molecule has 1 atom stereocenters. The lowest BCUT2D eigenvalue weighted by Gasteiger charge is -2.07. The van der Waals surface area contributed by atoms with Crippen LogP contribution >= 0.6 is 0 Å². The van der Waals surface area contributed by atoms with E-state index in [0.717, 1.165) is 6.42 Å². The van der Waals surface area contributed by atoms with Gasteiger partial charge in [-0.3, -0.25) is 0 Å². The van der Waals surface area contributed by atoms with Crippen molar-refractivity contribution in [1.29, 1.82) is 0 Å². The number of nitrogens with one attached hydrogen (secondary N) is 1. The SMILES string of the molecule is CC.CC[C@@H](CO)NC. The molecule has 0 aliphatic rings. The van der Waals surface area contributed by atoms with Crippen molar-refractivity contribution < 1.29 is 5.11 Å². The predicted molar refractivity (Wildman–Crippen MR) is 41.6 cm³/mol. The van der Waals surface area contributed by atoms with Gasteiger partial charge in [0.05, 0.1) is 6.61 Å². The number of likely N-dealkylation sites (N-methyl/N-ethyl adjacent to an activating group) is 1. The largest absolute Gasteiger partial charge is 0.395 e. The van der Waals surface area contributed by atoms with Gasteiger partial charge >= 0.3 is 0 Å². The monoisotopic (exact) mass is 133 g/mol. The average Bonchev–Trinajstić information content (AvgIpc) is 1.96. The molecule has 0 aromatic carbocycles. The van der Waals surface area contributed by atoms with Crippen molar-refractivity contribution in [2.45, 2.75) is 33.2 Å². The van der Waals surface area contributed by atoms with Gasteiger partial charge in [-0.1, -0.05) is 20.8 Å². The summed E-state index contributed by atoms with van der Waals surface area (Å²) < 4.78 is 0. The van der Waals surface area contributed by atoms with Crippen LogP contribution in [-0.2, 0) is 0 Å². The third kappa shape index (κ3) is 7.92. The van der Waals surface area contributed by atoms with Crippen molar-refractivity contribution in [3.05, 3.63) is 0 Å². The molecule has 0 radical (unpaired) electrons. The van der Waals surface area contributed by atoms with Crippen LogP contribution in [-0.4, -0.2) is 24.8 Å². The number of hydrogen-bond acceptors (Lipinski definition) is 2. The van der Waals surface area contributed by atoms with Crippen LogP contribution in [0.2, 0.25) is 0 Å². The Balaban J connectivity index is 0. The molecule has 0 bridgehead atoms. The minimum Gasteiger partial charge on any atom is -0.395 e. The normalized spacial score (nSPS) is 11.7. The molecule has 2 N–H and O–H groups in total. The minimum absolute atomic E-state index is 0.243. The van der Waals surface area contributed by atoms with E-state index in [1.807, 2.05) is 27.8 Å². The van der Waals surface area contributed by atoms with Crippen LogP contribution < -0.4 is 5.32 Å². The van der Waals surface area contributed by atoms with Gasteiger partial charge in [0.15, 0.2) is 0 Å². The number of hydrogen-bond donors (Lipinski definition) is 2. The molecule has 0 aromatic heterocycles. The smallest absolute Gasteiger partial charge is 0.0584 e. The molecule has 58 valence electrons. The van der Waals surface area contributed by atoms with Crippen LogP contribution in [0.15, 0.2) is 0 Å². The highest BCUT2D eigenvalue weighted by molar-refractivity contribution is 4.56. The zero-order chi connectivity index (χ0) is 7.70. The zero-order valence-corrected chi connectivity index (χ0v) is 6.94. The summed E-state index contributed by atoms with van der Waals surface area (Å²) in [5.74, 6) is 0. The summed E-state index contributed by atoms with van der Waals surface area (Å²) in [6.07, 6.45) is 0.993. The molecule has 0 heterocycles. The molecule has 0 spiro atoms. The fourth-order valence-electron chi connectivity index (χ4n) is 0.425. The maximum absolute atomic E-state index is 8.46. The fourth-order valence-corrected chi connectivity index (χ4v) is 0.425. The molecular weight excluding hydrogens is 114 g/mol. The Bertz CT molecular complexity index is 30.4. The van der Waals surface area contributed by atoms with E-state index in [1.54, 1.807) is 0 Å². The molecular formula is C7H19NO. The zero-order valence-electron chi connectivity index (χ0n) is 6.94. The second kappa shape index (κ2) is 10.8. The van der Waals surface area contributed by atoms with E-state index >= 15 is 0 Å². The van der Waals surface area contributed by atoms with Gasteiger partial charge in [0, 0.05) is 6.04 Å². The van der Waals surface area contributed by atoms with Crippen LogP contribution in [0.4, 0.5) is 0 Å². The van der Waals surface area contributed by atoms with E-state index in [4.69, 9.17) is 5.11 Å². The Morgan fingerprint density at radius 2 is 1.89 bits per heavy atom. The van der Waals surface area contributed by atoms with Gasteiger partial charge < -0.3 is 10.4 Å². The van der Waals surface area contributed by atoms with Crippen molar-refractivity contribution in [1.82, 2.24) is 5.32 Å². The summed E-state index contributed by atoms with van der Waals surface area (Å²) in [6, 6.07) is 0.292. The van der Waals surface area contributed by atoms with E-state index in [1.165, 1.54) is 0 Å². The van der Waals surface area contributed by atoms with Gasteiger partial charge in [-0.15, -0.1) is 0 Å². The van der Waals surface area contributed by atoms with Crippen molar-refractivity contribution in [3.8, 4) is 0 Å². The molecule has 0 aromatic rings. The molecule has 0 saturated carbocycles. The Kier molecular flexibility index (Phi) is 14.0. The van der Waals surface area contributed by atoms with Crippen LogP contribution in [0.25, 0.3) is 0 Å². The summed E-state index contributed by atoms with van der Waals surface area (Å²) in [5.41, 5.74) is 0. The third-order valence-electron chi connectivity index (χ3n) is 1.12. The number of aliphatic hydroxyl groups is 1. The standard InChI is InChI=1S/C5H13NO.C2H6/c1-3-5(4-7)6-2;1-2/h5-7H,3-4H2,1-2H3;1-2H3/t5-;/m0./s1.